The molecular formula is C13H20N2O5. The molecule has 1 heterocycles. The van der Waals surface area contributed by atoms with Crippen molar-refractivity contribution in [3.63, 3.8) is 0 Å². The zero-order chi connectivity index (χ0) is 15.4. The third-order valence-corrected chi connectivity index (χ3v) is 3.13. The maximum Gasteiger partial charge on any atom is 0.407 e. The summed E-state index contributed by atoms with van der Waals surface area (Å²) in [6.45, 7) is 5.55. The van der Waals surface area contributed by atoms with Crippen molar-refractivity contribution in [2.45, 2.75) is 32.9 Å². The number of nitrogens with one attached hydrogen (secondary N) is 1. The molecule has 1 aliphatic heterocycles. The van der Waals surface area contributed by atoms with E-state index in [1.165, 1.54) is 18.1 Å². The standard InChI is InChI=1S/C13H20N2O5/c1-7(2)10(14-13(19)20-4)11(16)15-6-8(3)5-9(15)12(17)18/h5,7,9-10H,6H2,1-4H3,(H,14,19)(H,17,18)/t9-,10-/m0/s1. The SMILES string of the molecule is COC(=O)N[C@H](C(=O)N1CC(C)=C[C@H]1C(=O)O)C(C)C. The Bertz CT molecular complexity index is 444. The van der Waals surface area contributed by atoms with Crippen molar-refractivity contribution < 1.29 is 24.2 Å². The number of rotatable bonds is 4. The summed E-state index contributed by atoms with van der Waals surface area (Å²) in [4.78, 5) is 36.2. The zero-order valence-electron chi connectivity index (χ0n) is 12.0. The number of amides is 2. The van der Waals surface area contributed by atoms with Gasteiger partial charge in [0.15, 0.2) is 0 Å². The molecule has 0 saturated carbocycles. The van der Waals surface area contributed by atoms with Gasteiger partial charge in [0.1, 0.15) is 12.1 Å². The van der Waals surface area contributed by atoms with E-state index in [0.29, 0.717) is 0 Å². The van der Waals surface area contributed by atoms with Crippen LogP contribution in [0.5, 0.6) is 0 Å². The van der Waals surface area contributed by atoms with E-state index in [1.54, 1.807) is 20.8 Å². The van der Waals surface area contributed by atoms with Gasteiger partial charge < -0.3 is 20.1 Å². The molecule has 0 saturated heterocycles. The first-order valence-electron chi connectivity index (χ1n) is 6.33. The van der Waals surface area contributed by atoms with Gasteiger partial charge in [-0.1, -0.05) is 25.5 Å². The van der Waals surface area contributed by atoms with Gasteiger partial charge in [-0.2, -0.15) is 0 Å². The molecule has 1 aliphatic rings. The minimum Gasteiger partial charge on any atom is -0.479 e. The molecule has 1 rings (SSSR count). The Hall–Kier alpha value is -2.05. The topological polar surface area (TPSA) is 95.9 Å². The van der Waals surface area contributed by atoms with Gasteiger partial charge in [0.05, 0.1) is 7.11 Å². The number of hydrogen-bond acceptors (Lipinski definition) is 4. The lowest BCUT2D eigenvalue weighted by Crippen LogP contribution is -2.54. The van der Waals surface area contributed by atoms with Crippen LogP contribution in [0.2, 0.25) is 0 Å². The van der Waals surface area contributed by atoms with Crippen molar-refractivity contribution in [1.82, 2.24) is 10.2 Å². The fraction of sp³-hybridized carbons (Fsp3) is 0.615. The molecule has 0 aromatic rings. The predicted molar refractivity (Wildman–Crippen MR) is 71.1 cm³/mol. The van der Waals surface area contributed by atoms with Crippen LogP contribution in [-0.4, -0.2) is 53.7 Å². The highest BCUT2D eigenvalue weighted by molar-refractivity contribution is 5.91. The van der Waals surface area contributed by atoms with Crippen LogP contribution in [0.15, 0.2) is 11.6 Å². The second-order valence-corrected chi connectivity index (χ2v) is 5.12. The molecule has 0 unspecified atom stereocenters. The number of carbonyl (C=O) groups excluding carboxylic acids is 2. The van der Waals surface area contributed by atoms with Crippen molar-refractivity contribution in [1.29, 1.82) is 0 Å². The summed E-state index contributed by atoms with van der Waals surface area (Å²) < 4.78 is 4.49. The molecule has 0 bridgehead atoms. The van der Waals surface area contributed by atoms with Crippen LogP contribution in [0.25, 0.3) is 0 Å². The van der Waals surface area contributed by atoms with E-state index in [1.807, 2.05) is 0 Å². The Balaban J connectivity index is 2.90. The molecule has 0 spiro atoms. The average molecular weight is 284 g/mol. The zero-order valence-corrected chi connectivity index (χ0v) is 12.0. The van der Waals surface area contributed by atoms with Crippen LogP contribution < -0.4 is 5.32 Å². The lowest BCUT2D eigenvalue weighted by Gasteiger charge is -2.29. The van der Waals surface area contributed by atoms with Gasteiger partial charge >= 0.3 is 12.1 Å². The first-order valence-corrected chi connectivity index (χ1v) is 6.33. The van der Waals surface area contributed by atoms with E-state index in [2.05, 4.69) is 10.1 Å². The molecule has 2 amide bonds. The fourth-order valence-electron chi connectivity index (χ4n) is 2.08. The van der Waals surface area contributed by atoms with Crippen LogP contribution >= 0.6 is 0 Å². The molecule has 0 aromatic carbocycles. The first-order chi connectivity index (χ1) is 9.27. The molecule has 7 heteroatoms. The van der Waals surface area contributed by atoms with E-state index in [4.69, 9.17) is 5.11 Å². The Morgan fingerprint density at radius 1 is 1.45 bits per heavy atom. The van der Waals surface area contributed by atoms with Gasteiger partial charge in [-0.15, -0.1) is 0 Å². The summed E-state index contributed by atoms with van der Waals surface area (Å²) in [6.07, 6.45) is 0.822. The predicted octanol–water partition coefficient (Wildman–Crippen LogP) is 0.609. The van der Waals surface area contributed by atoms with Gasteiger partial charge in [0.25, 0.3) is 0 Å². The fourth-order valence-corrected chi connectivity index (χ4v) is 2.08. The van der Waals surface area contributed by atoms with E-state index in [9.17, 15) is 14.4 Å². The van der Waals surface area contributed by atoms with Gasteiger partial charge in [0, 0.05) is 6.54 Å². The normalized spacial score (nSPS) is 19.6. The maximum absolute atomic E-state index is 12.5. The third-order valence-electron chi connectivity index (χ3n) is 3.13. The van der Waals surface area contributed by atoms with Crippen molar-refractivity contribution >= 4 is 18.0 Å². The summed E-state index contributed by atoms with van der Waals surface area (Å²) in [5.74, 6) is -1.70. The maximum atomic E-state index is 12.5. The van der Waals surface area contributed by atoms with Crippen LogP contribution in [0.1, 0.15) is 20.8 Å². The second-order valence-electron chi connectivity index (χ2n) is 5.12. The van der Waals surface area contributed by atoms with Crippen LogP contribution in [-0.2, 0) is 14.3 Å². The number of carboxylic acids is 1. The number of alkyl carbamates (subject to hydrolysis) is 1. The molecule has 0 aliphatic carbocycles. The molecule has 2 atom stereocenters. The molecule has 112 valence electrons. The summed E-state index contributed by atoms with van der Waals surface area (Å²) in [5, 5.41) is 11.6. The molecule has 20 heavy (non-hydrogen) atoms. The van der Waals surface area contributed by atoms with Crippen molar-refractivity contribution in [3.05, 3.63) is 11.6 Å². The summed E-state index contributed by atoms with van der Waals surface area (Å²) >= 11 is 0. The molecule has 2 N–H and O–H groups in total. The Kier molecular flexibility index (Phi) is 5.12. The number of hydrogen-bond donors (Lipinski definition) is 2. The monoisotopic (exact) mass is 284 g/mol. The van der Waals surface area contributed by atoms with Crippen molar-refractivity contribution in [3.8, 4) is 0 Å². The number of carboxylic acid groups (broad SMARTS) is 1. The van der Waals surface area contributed by atoms with E-state index in [0.717, 1.165) is 5.57 Å². The van der Waals surface area contributed by atoms with Gasteiger partial charge in [0.2, 0.25) is 5.91 Å². The number of ether oxygens (including phenoxy) is 1. The number of aliphatic carboxylic acids is 1. The second kappa shape index (κ2) is 6.40. The van der Waals surface area contributed by atoms with Crippen LogP contribution in [0.4, 0.5) is 4.79 Å². The average Bonchev–Trinajstić information content (AvgIpc) is 2.76. The van der Waals surface area contributed by atoms with Gasteiger partial charge in [-0.3, -0.25) is 4.79 Å². The molecule has 0 aromatic heterocycles. The summed E-state index contributed by atoms with van der Waals surface area (Å²) in [7, 11) is 1.21. The molecular weight excluding hydrogens is 264 g/mol. The summed E-state index contributed by atoms with van der Waals surface area (Å²) in [5.41, 5.74) is 0.811. The quantitative estimate of drug-likeness (QED) is 0.737. The molecule has 0 radical (unpaired) electrons. The molecule has 0 fully saturated rings. The van der Waals surface area contributed by atoms with Gasteiger partial charge in [-0.05, 0) is 12.8 Å². The Morgan fingerprint density at radius 3 is 2.50 bits per heavy atom. The number of nitrogens with zero attached hydrogens (tertiary/aromatic N) is 1. The minimum atomic E-state index is -1.09. The summed E-state index contributed by atoms with van der Waals surface area (Å²) in [6, 6.07) is -1.80. The minimum absolute atomic E-state index is 0.183. The van der Waals surface area contributed by atoms with Crippen molar-refractivity contribution in [2.75, 3.05) is 13.7 Å². The third kappa shape index (κ3) is 3.49. The Morgan fingerprint density at radius 2 is 2.05 bits per heavy atom. The van der Waals surface area contributed by atoms with Crippen LogP contribution in [0, 0.1) is 5.92 Å². The van der Waals surface area contributed by atoms with E-state index < -0.39 is 30.1 Å². The molecule has 7 nitrogen and oxygen atoms in total. The first kappa shape index (κ1) is 16.0. The lowest BCUT2D eigenvalue weighted by molar-refractivity contribution is -0.148. The lowest BCUT2D eigenvalue weighted by atomic mass is 10.0. The number of carbonyl (C=O) groups is 3. The van der Waals surface area contributed by atoms with E-state index >= 15 is 0 Å². The largest absolute Gasteiger partial charge is 0.479 e. The van der Waals surface area contributed by atoms with Crippen molar-refractivity contribution in [2.24, 2.45) is 5.92 Å². The highest BCUT2D eigenvalue weighted by Crippen LogP contribution is 2.19. The highest BCUT2D eigenvalue weighted by Gasteiger charge is 2.37. The number of methoxy groups -OCH3 is 1. The smallest absolute Gasteiger partial charge is 0.407 e. The Labute approximate surface area is 117 Å². The van der Waals surface area contributed by atoms with Crippen LogP contribution in [0.3, 0.4) is 0 Å². The highest BCUT2D eigenvalue weighted by atomic mass is 16.5. The van der Waals surface area contributed by atoms with E-state index in [-0.39, 0.29) is 12.5 Å². The van der Waals surface area contributed by atoms with Gasteiger partial charge in [-0.25, -0.2) is 9.59 Å².